The number of anilines is 1. The zero-order valence-corrected chi connectivity index (χ0v) is 13.7. The number of nitrogens with zero attached hydrogens (tertiary/aromatic N) is 2. The monoisotopic (exact) mass is 356 g/mol. The van der Waals surface area contributed by atoms with Crippen LogP contribution >= 0.6 is 15.9 Å². The maximum Gasteiger partial charge on any atom is 0.150 e. The summed E-state index contributed by atoms with van der Waals surface area (Å²) in [6.07, 6.45) is 3.46. The van der Waals surface area contributed by atoms with Crippen molar-refractivity contribution in [3.05, 3.63) is 28.2 Å². The van der Waals surface area contributed by atoms with Crippen molar-refractivity contribution in [2.45, 2.75) is 24.5 Å². The normalized spacial score (nSPS) is 20.2. The SMILES string of the molecule is CS(=O)(=O)C1CCCN(c2cccc(Br)c2C#N)CC1. The highest BCUT2D eigenvalue weighted by Gasteiger charge is 2.25. The number of sulfone groups is 1. The summed E-state index contributed by atoms with van der Waals surface area (Å²) in [5.74, 6) is 0. The number of hydrogen-bond donors (Lipinski definition) is 0. The Morgan fingerprint density at radius 1 is 1.35 bits per heavy atom. The summed E-state index contributed by atoms with van der Waals surface area (Å²) in [5, 5.41) is 9.02. The maximum atomic E-state index is 11.7. The molecule has 1 heterocycles. The van der Waals surface area contributed by atoms with E-state index < -0.39 is 9.84 Å². The van der Waals surface area contributed by atoms with Gasteiger partial charge >= 0.3 is 0 Å². The highest BCUT2D eigenvalue weighted by molar-refractivity contribution is 9.10. The third-order valence-corrected chi connectivity index (χ3v) is 6.07. The van der Waals surface area contributed by atoms with Gasteiger partial charge < -0.3 is 4.90 Å². The molecule has 1 aliphatic heterocycles. The first-order chi connectivity index (χ1) is 9.43. The van der Waals surface area contributed by atoms with Gasteiger partial charge in [-0.15, -0.1) is 0 Å². The standard InChI is InChI=1S/C14H17BrN2O2S/c1-20(18,19)11-4-3-8-17(9-7-11)14-6-2-5-13(15)12(14)10-16/h2,5-6,11H,3-4,7-9H2,1H3. The van der Waals surface area contributed by atoms with Crippen molar-refractivity contribution >= 4 is 31.5 Å². The zero-order chi connectivity index (χ0) is 14.8. The number of hydrogen-bond acceptors (Lipinski definition) is 4. The van der Waals surface area contributed by atoms with Gasteiger partial charge in [0.1, 0.15) is 15.9 Å². The highest BCUT2D eigenvalue weighted by Crippen LogP contribution is 2.29. The van der Waals surface area contributed by atoms with Crippen LogP contribution in [0.4, 0.5) is 5.69 Å². The van der Waals surface area contributed by atoms with Gasteiger partial charge in [-0.2, -0.15) is 5.26 Å². The van der Waals surface area contributed by atoms with E-state index >= 15 is 0 Å². The Morgan fingerprint density at radius 3 is 2.75 bits per heavy atom. The predicted octanol–water partition coefficient (Wildman–Crippen LogP) is 2.72. The van der Waals surface area contributed by atoms with Gasteiger partial charge in [0.05, 0.1) is 16.5 Å². The van der Waals surface area contributed by atoms with E-state index in [-0.39, 0.29) is 5.25 Å². The van der Waals surface area contributed by atoms with Crippen LogP contribution in [0.2, 0.25) is 0 Å². The molecule has 0 saturated carbocycles. The molecule has 0 bridgehead atoms. The molecule has 6 heteroatoms. The minimum Gasteiger partial charge on any atom is -0.370 e. The van der Waals surface area contributed by atoms with E-state index in [4.69, 9.17) is 0 Å². The molecule has 20 heavy (non-hydrogen) atoms. The molecule has 4 nitrogen and oxygen atoms in total. The molecule has 1 fully saturated rings. The fraction of sp³-hybridized carbons (Fsp3) is 0.500. The first kappa shape index (κ1) is 15.3. The van der Waals surface area contributed by atoms with Crippen LogP contribution in [0.1, 0.15) is 24.8 Å². The third kappa shape index (κ3) is 3.33. The Labute approximate surface area is 128 Å². The molecule has 108 valence electrons. The molecule has 0 spiro atoms. The van der Waals surface area contributed by atoms with Crippen molar-refractivity contribution in [3.63, 3.8) is 0 Å². The molecule has 1 atom stereocenters. The van der Waals surface area contributed by atoms with Gasteiger partial charge in [-0.05, 0) is 47.3 Å². The molecule has 0 aromatic heterocycles. The van der Waals surface area contributed by atoms with E-state index in [9.17, 15) is 13.7 Å². The summed E-state index contributed by atoms with van der Waals surface area (Å²) in [6, 6.07) is 7.89. The maximum absolute atomic E-state index is 11.7. The second-order valence-corrected chi connectivity index (χ2v) is 8.30. The Kier molecular flexibility index (Phi) is 4.71. The first-order valence-electron chi connectivity index (χ1n) is 6.56. The predicted molar refractivity (Wildman–Crippen MR) is 83.6 cm³/mol. The molecule has 0 amide bonds. The van der Waals surface area contributed by atoms with Crippen molar-refractivity contribution in [1.29, 1.82) is 5.26 Å². The van der Waals surface area contributed by atoms with Gasteiger partial charge in [0.2, 0.25) is 0 Å². The lowest BCUT2D eigenvalue weighted by molar-refractivity contribution is 0.573. The van der Waals surface area contributed by atoms with E-state index in [2.05, 4.69) is 26.9 Å². The smallest absolute Gasteiger partial charge is 0.150 e. The minimum absolute atomic E-state index is 0.259. The zero-order valence-electron chi connectivity index (χ0n) is 11.3. The highest BCUT2D eigenvalue weighted by atomic mass is 79.9. The van der Waals surface area contributed by atoms with E-state index in [1.54, 1.807) is 0 Å². The van der Waals surface area contributed by atoms with Crippen LogP contribution in [0.3, 0.4) is 0 Å². The average Bonchev–Trinajstić information content (AvgIpc) is 2.63. The lowest BCUT2D eigenvalue weighted by Gasteiger charge is -2.24. The third-order valence-electron chi connectivity index (χ3n) is 3.72. The summed E-state index contributed by atoms with van der Waals surface area (Å²) >= 11 is 3.39. The molecular formula is C14H17BrN2O2S. The summed E-state index contributed by atoms with van der Waals surface area (Å²) in [5.41, 5.74) is 1.50. The second-order valence-electron chi connectivity index (χ2n) is 5.12. The van der Waals surface area contributed by atoms with Gasteiger partial charge in [0, 0.05) is 23.8 Å². The van der Waals surface area contributed by atoms with Crippen LogP contribution in [-0.4, -0.2) is 33.0 Å². The molecule has 0 N–H and O–H groups in total. The second kappa shape index (κ2) is 6.15. The van der Waals surface area contributed by atoms with E-state index in [1.165, 1.54) is 6.26 Å². The molecule has 1 aromatic rings. The van der Waals surface area contributed by atoms with Crippen LogP contribution in [0, 0.1) is 11.3 Å². The van der Waals surface area contributed by atoms with Gasteiger partial charge in [0.25, 0.3) is 0 Å². The van der Waals surface area contributed by atoms with Crippen molar-refractivity contribution < 1.29 is 8.42 Å². The summed E-state index contributed by atoms with van der Waals surface area (Å²) in [4.78, 5) is 2.12. The Bertz CT molecular complexity index is 637. The molecule has 1 aliphatic rings. The fourth-order valence-electron chi connectivity index (χ4n) is 2.62. The van der Waals surface area contributed by atoms with Gasteiger partial charge in [-0.1, -0.05) is 6.07 Å². The minimum atomic E-state index is -2.98. The molecule has 2 rings (SSSR count). The van der Waals surface area contributed by atoms with Crippen molar-refractivity contribution in [3.8, 4) is 6.07 Å². The molecular weight excluding hydrogens is 340 g/mol. The summed E-state index contributed by atoms with van der Waals surface area (Å²) < 4.78 is 24.1. The number of rotatable bonds is 2. The Hall–Kier alpha value is -1.06. The fourth-order valence-corrected chi connectivity index (χ4v) is 4.19. The topological polar surface area (TPSA) is 61.2 Å². The van der Waals surface area contributed by atoms with E-state index in [0.717, 1.165) is 23.1 Å². The summed E-state index contributed by atoms with van der Waals surface area (Å²) in [6.45, 7) is 1.46. The largest absolute Gasteiger partial charge is 0.370 e. The van der Waals surface area contributed by atoms with Gasteiger partial charge in [-0.25, -0.2) is 8.42 Å². The van der Waals surface area contributed by atoms with Crippen LogP contribution in [-0.2, 0) is 9.84 Å². The van der Waals surface area contributed by atoms with Crippen LogP contribution in [0.15, 0.2) is 22.7 Å². The molecule has 1 unspecified atom stereocenters. The number of nitriles is 1. The lowest BCUT2D eigenvalue weighted by atomic mass is 10.1. The van der Waals surface area contributed by atoms with Crippen molar-refractivity contribution in [2.75, 3.05) is 24.2 Å². The first-order valence-corrected chi connectivity index (χ1v) is 9.30. The lowest BCUT2D eigenvalue weighted by Crippen LogP contribution is -2.26. The molecule has 1 aromatic carbocycles. The van der Waals surface area contributed by atoms with Gasteiger partial charge in [0.15, 0.2) is 0 Å². The Balaban J connectivity index is 2.24. The quantitative estimate of drug-likeness (QED) is 0.817. The average molecular weight is 357 g/mol. The van der Waals surface area contributed by atoms with Crippen molar-refractivity contribution in [1.82, 2.24) is 0 Å². The van der Waals surface area contributed by atoms with Crippen molar-refractivity contribution in [2.24, 2.45) is 0 Å². The van der Waals surface area contributed by atoms with Crippen LogP contribution < -0.4 is 4.90 Å². The molecule has 0 radical (unpaired) electrons. The van der Waals surface area contributed by atoms with E-state index in [1.807, 2.05) is 18.2 Å². The molecule has 1 saturated heterocycles. The number of benzene rings is 1. The molecule has 0 aliphatic carbocycles. The van der Waals surface area contributed by atoms with Gasteiger partial charge in [-0.3, -0.25) is 0 Å². The van der Waals surface area contributed by atoms with Crippen LogP contribution in [0.25, 0.3) is 0 Å². The van der Waals surface area contributed by atoms with Crippen LogP contribution in [0.5, 0.6) is 0 Å². The van der Waals surface area contributed by atoms with E-state index in [0.29, 0.717) is 24.9 Å². The summed E-state index contributed by atoms with van der Waals surface area (Å²) in [7, 11) is -2.98. The number of halogens is 1. The Morgan fingerprint density at radius 2 is 2.10 bits per heavy atom.